The zero-order chi connectivity index (χ0) is 18.6. The highest BCUT2D eigenvalue weighted by Crippen LogP contribution is 2.33. The molecule has 0 aliphatic carbocycles. The predicted molar refractivity (Wildman–Crippen MR) is 108 cm³/mol. The van der Waals surface area contributed by atoms with E-state index in [0.29, 0.717) is 5.02 Å². The first-order chi connectivity index (χ1) is 13.3. The van der Waals surface area contributed by atoms with Crippen molar-refractivity contribution in [2.45, 2.75) is 24.1 Å². The molecule has 1 aliphatic heterocycles. The molecule has 1 saturated heterocycles. The second-order valence-corrected chi connectivity index (χ2v) is 7.66. The Morgan fingerprint density at radius 2 is 2.00 bits per heavy atom. The summed E-state index contributed by atoms with van der Waals surface area (Å²) < 4.78 is 13.1. The van der Waals surface area contributed by atoms with Gasteiger partial charge in [0.1, 0.15) is 5.75 Å². The molecule has 1 aliphatic rings. The number of thioether (sulfide) groups is 1. The maximum absolute atomic E-state index is 6.43. The van der Waals surface area contributed by atoms with E-state index in [9.17, 15) is 0 Å². The Balaban J connectivity index is 1.73. The van der Waals surface area contributed by atoms with Crippen molar-refractivity contribution in [1.29, 1.82) is 0 Å². The number of hydrogen-bond acceptors (Lipinski definition) is 5. The van der Waals surface area contributed by atoms with E-state index in [-0.39, 0.29) is 6.10 Å². The first-order valence-electron chi connectivity index (χ1n) is 8.85. The van der Waals surface area contributed by atoms with Crippen LogP contribution in [-0.2, 0) is 4.74 Å². The number of rotatable bonds is 6. The van der Waals surface area contributed by atoms with Crippen LogP contribution in [0, 0.1) is 0 Å². The van der Waals surface area contributed by atoms with E-state index in [1.807, 2.05) is 53.1 Å². The van der Waals surface area contributed by atoms with Crippen LogP contribution < -0.4 is 4.74 Å². The van der Waals surface area contributed by atoms with Gasteiger partial charge in [-0.15, -0.1) is 10.2 Å². The Morgan fingerprint density at radius 1 is 1.19 bits per heavy atom. The van der Waals surface area contributed by atoms with Crippen LogP contribution in [0.5, 0.6) is 5.75 Å². The van der Waals surface area contributed by atoms with Gasteiger partial charge in [0, 0.05) is 23.6 Å². The molecule has 140 valence electrons. The molecule has 2 heterocycles. The van der Waals surface area contributed by atoms with Gasteiger partial charge in [-0.3, -0.25) is 4.57 Å². The smallest absolute Gasteiger partial charge is 0.196 e. The molecule has 0 bridgehead atoms. The third-order valence-corrected chi connectivity index (χ3v) is 5.89. The van der Waals surface area contributed by atoms with Gasteiger partial charge in [0.25, 0.3) is 0 Å². The van der Waals surface area contributed by atoms with Crippen molar-refractivity contribution in [3.05, 3.63) is 53.6 Å². The molecule has 0 radical (unpaired) electrons. The van der Waals surface area contributed by atoms with Gasteiger partial charge in [-0.2, -0.15) is 0 Å². The number of nitrogens with zero attached hydrogens (tertiary/aromatic N) is 3. The van der Waals surface area contributed by atoms with Gasteiger partial charge in [-0.05, 0) is 49.2 Å². The van der Waals surface area contributed by atoms with E-state index in [2.05, 4.69) is 10.2 Å². The van der Waals surface area contributed by atoms with E-state index in [1.54, 1.807) is 18.9 Å². The lowest BCUT2D eigenvalue weighted by atomic mass is 10.2. The summed E-state index contributed by atoms with van der Waals surface area (Å²) in [5.74, 6) is 2.39. The molecule has 27 heavy (non-hydrogen) atoms. The lowest BCUT2D eigenvalue weighted by molar-refractivity contribution is 0.129. The zero-order valence-electron chi connectivity index (χ0n) is 15.0. The molecule has 0 saturated carbocycles. The summed E-state index contributed by atoms with van der Waals surface area (Å²) in [5.41, 5.74) is 1.82. The van der Waals surface area contributed by atoms with Crippen molar-refractivity contribution >= 4 is 23.4 Å². The summed E-state index contributed by atoms with van der Waals surface area (Å²) in [6.45, 7) is 0.848. The van der Waals surface area contributed by atoms with Gasteiger partial charge in [0.05, 0.1) is 18.2 Å². The van der Waals surface area contributed by atoms with Crippen molar-refractivity contribution in [2.24, 2.45) is 0 Å². The van der Waals surface area contributed by atoms with Crippen molar-refractivity contribution < 1.29 is 9.47 Å². The lowest BCUT2D eigenvalue weighted by Crippen LogP contribution is -2.09. The first kappa shape index (κ1) is 18.3. The van der Waals surface area contributed by atoms with Crippen LogP contribution in [0.3, 0.4) is 0 Å². The minimum atomic E-state index is 0.278. The molecule has 5 nitrogen and oxygen atoms in total. The average molecular weight is 402 g/mol. The fourth-order valence-electron chi connectivity index (χ4n) is 3.09. The number of halogens is 1. The fourth-order valence-corrected chi connectivity index (χ4v) is 4.33. The minimum absolute atomic E-state index is 0.278. The van der Waals surface area contributed by atoms with Crippen molar-refractivity contribution in [3.63, 3.8) is 0 Å². The van der Waals surface area contributed by atoms with E-state index in [4.69, 9.17) is 21.1 Å². The molecule has 7 heteroatoms. The largest absolute Gasteiger partial charge is 0.497 e. The van der Waals surface area contributed by atoms with Crippen LogP contribution in [0.25, 0.3) is 17.1 Å². The van der Waals surface area contributed by atoms with Crippen LogP contribution in [0.4, 0.5) is 0 Å². The van der Waals surface area contributed by atoms with Crippen molar-refractivity contribution in [2.75, 3.05) is 19.5 Å². The summed E-state index contributed by atoms with van der Waals surface area (Å²) in [4.78, 5) is 0. The molecular weight excluding hydrogens is 382 g/mol. The Bertz CT molecular complexity index is 908. The third-order valence-electron chi connectivity index (χ3n) is 4.50. The molecular formula is C20H20ClN3O2S. The monoisotopic (exact) mass is 401 g/mol. The number of benzene rings is 2. The van der Waals surface area contributed by atoms with Gasteiger partial charge in [-0.25, -0.2) is 0 Å². The average Bonchev–Trinajstić information content (AvgIpc) is 3.36. The Morgan fingerprint density at radius 3 is 2.70 bits per heavy atom. The predicted octanol–water partition coefficient (Wildman–Crippen LogP) is 4.87. The standard InChI is InChI=1S/C20H20ClN3O2S/c1-25-15-10-8-14(9-11-15)24-19(17-6-2-3-7-18(17)21)22-23-20(24)27-13-16-5-4-12-26-16/h2-3,6-11,16H,4-5,12-13H2,1H3. The van der Waals surface area contributed by atoms with E-state index in [1.165, 1.54) is 0 Å². The molecule has 2 aromatic carbocycles. The molecule has 1 atom stereocenters. The maximum Gasteiger partial charge on any atom is 0.196 e. The van der Waals surface area contributed by atoms with Crippen LogP contribution in [0.15, 0.2) is 53.7 Å². The van der Waals surface area contributed by atoms with Crippen LogP contribution in [0.1, 0.15) is 12.8 Å². The Hall–Kier alpha value is -2.02. The third kappa shape index (κ3) is 3.98. The normalized spacial score (nSPS) is 16.6. The van der Waals surface area contributed by atoms with Crippen LogP contribution in [-0.4, -0.2) is 40.3 Å². The summed E-state index contributed by atoms with van der Waals surface area (Å²) in [6, 6.07) is 15.5. The van der Waals surface area contributed by atoms with E-state index < -0.39 is 0 Å². The highest BCUT2D eigenvalue weighted by Gasteiger charge is 2.21. The second-order valence-electron chi connectivity index (χ2n) is 6.27. The van der Waals surface area contributed by atoms with Gasteiger partial charge >= 0.3 is 0 Å². The SMILES string of the molecule is COc1ccc(-n2c(SCC3CCCO3)nnc2-c2ccccc2Cl)cc1. The summed E-state index contributed by atoms with van der Waals surface area (Å²) in [7, 11) is 1.66. The number of aromatic nitrogens is 3. The fraction of sp³-hybridized carbons (Fsp3) is 0.300. The molecule has 1 fully saturated rings. The van der Waals surface area contributed by atoms with E-state index in [0.717, 1.165) is 53.2 Å². The number of hydrogen-bond donors (Lipinski definition) is 0. The van der Waals surface area contributed by atoms with Crippen LogP contribution >= 0.6 is 23.4 Å². The summed E-state index contributed by atoms with van der Waals surface area (Å²) in [5, 5.41) is 10.4. The van der Waals surface area contributed by atoms with Gasteiger partial charge in [0.2, 0.25) is 0 Å². The van der Waals surface area contributed by atoms with Crippen molar-refractivity contribution in [1.82, 2.24) is 14.8 Å². The Kier molecular flexibility index (Phi) is 5.66. The van der Waals surface area contributed by atoms with E-state index >= 15 is 0 Å². The van der Waals surface area contributed by atoms with Gasteiger partial charge < -0.3 is 9.47 Å². The number of methoxy groups -OCH3 is 1. The molecule has 3 aromatic rings. The minimum Gasteiger partial charge on any atom is -0.497 e. The van der Waals surface area contributed by atoms with Crippen molar-refractivity contribution in [3.8, 4) is 22.8 Å². The molecule has 4 rings (SSSR count). The maximum atomic E-state index is 6.43. The topological polar surface area (TPSA) is 49.2 Å². The van der Waals surface area contributed by atoms with Gasteiger partial charge in [-0.1, -0.05) is 35.5 Å². The van der Waals surface area contributed by atoms with Gasteiger partial charge in [0.15, 0.2) is 11.0 Å². The van der Waals surface area contributed by atoms with Crippen LogP contribution in [0.2, 0.25) is 5.02 Å². The lowest BCUT2D eigenvalue weighted by Gasteiger charge is -2.13. The Labute approximate surface area is 167 Å². The molecule has 1 unspecified atom stereocenters. The number of ether oxygens (including phenoxy) is 2. The second kappa shape index (κ2) is 8.33. The molecule has 0 N–H and O–H groups in total. The quantitative estimate of drug-likeness (QED) is 0.551. The molecule has 1 aromatic heterocycles. The summed E-state index contributed by atoms with van der Waals surface area (Å²) in [6.07, 6.45) is 2.50. The highest BCUT2D eigenvalue weighted by molar-refractivity contribution is 7.99. The molecule has 0 spiro atoms. The first-order valence-corrected chi connectivity index (χ1v) is 10.2. The zero-order valence-corrected chi connectivity index (χ0v) is 16.5. The highest BCUT2D eigenvalue weighted by atomic mass is 35.5. The molecule has 0 amide bonds. The summed E-state index contributed by atoms with van der Waals surface area (Å²) >= 11 is 8.09.